The number of hydrogen-bond acceptors (Lipinski definition) is 2. The summed E-state index contributed by atoms with van der Waals surface area (Å²) in [6.45, 7) is 0. The third-order valence-corrected chi connectivity index (χ3v) is 1.66. The minimum atomic E-state index is -0.943. The van der Waals surface area contributed by atoms with Crippen LogP contribution >= 0.6 is 0 Å². The number of carbonyl (C=O) groups is 2. The molecule has 0 radical (unpaired) electrons. The molecular weight excluding hydrogens is 208 g/mol. The minimum Gasteiger partial charge on any atom is -0.481 e. The second-order valence-electron chi connectivity index (χ2n) is 3.09. The van der Waals surface area contributed by atoms with E-state index < -0.39 is 11.9 Å². The molecule has 0 spiro atoms. The molecule has 0 fully saturated rings. The number of carboxylic acids is 2. The molecule has 0 aromatic heterocycles. The van der Waals surface area contributed by atoms with E-state index in [-0.39, 0.29) is 6.42 Å². The van der Waals surface area contributed by atoms with Gasteiger partial charge in [0.1, 0.15) is 0 Å². The molecule has 0 aromatic rings. The van der Waals surface area contributed by atoms with Crippen LogP contribution in [0.25, 0.3) is 0 Å². The molecule has 16 heavy (non-hydrogen) atoms. The molecule has 4 heteroatoms. The maximum Gasteiger partial charge on any atom is 0.327 e. The van der Waals surface area contributed by atoms with Gasteiger partial charge in [0.15, 0.2) is 0 Å². The van der Waals surface area contributed by atoms with Crippen LogP contribution < -0.4 is 0 Å². The zero-order valence-corrected chi connectivity index (χ0v) is 9.00. The Morgan fingerprint density at radius 2 is 1.44 bits per heavy atom. The molecule has 0 aliphatic rings. The van der Waals surface area contributed by atoms with Crippen molar-refractivity contribution in [3.8, 4) is 0 Å². The first kappa shape index (κ1) is 14.2. The molecule has 0 heterocycles. The Balaban J connectivity index is 3.47. The van der Waals surface area contributed by atoms with E-state index in [2.05, 4.69) is 0 Å². The number of hydrogen-bond donors (Lipinski definition) is 2. The van der Waals surface area contributed by atoms with Crippen LogP contribution in [0.15, 0.2) is 36.5 Å². The van der Waals surface area contributed by atoms with Gasteiger partial charge in [0, 0.05) is 12.5 Å². The fraction of sp³-hybridized carbons (Fsp3) is 0.333. The first-order chi connectivity index (χ1) is 7.63. The fourth-order valence-electron chi connectivity index (χ4n) is 0.939. The topological polar surface area (TPSA) is 74.6 Å². The van der Waals surface area contributed by atoms with Gasteiger partial charge in [-0.2, -0.15) is 0 Å². The van der Waals surface area contributed by atoms with Gasteiger partial charge in [-0.15, -0.1) is 0 Å². The van der Waals surface area contributed by atoms with Crippen molar-refractivity contribution in [2.24, 2.45) is 0 Å². The average Bonchev–Trinajstić information content (AvgIpc) is 2.20. The van der Waals surface area contributed by atoms with Crippen molar-refractivity contribution in [3.05, 3.63) is 36.5 Å². The Morgan fingerprint density at radius 1 is 0.875 bits per heavy atom. The van der Waals surface area contributed by atoms with Crippen molar-refractivity contribution in [1.82, 2.24) is 0 Å². The molecule has 88 valence electrons. The van der Waals surface area contributed by atoms with Crippen molar-refractivity contribution in [1.29, 1.82) is 0 Å². The van der Waals surface area contributed by atoms with Crippen molar-refractivity contribution >= 4 is 11.9 Å². The largest absolute Gasteiger partial charge is 0.481 e. The van der Waals surface area contributed by atoms with E-state index >= 15 is 0 Å². The van der Waals surface area contributed by atoms with Crippen LogP contribution in [-0.2, 0) is 9.59 Å². The highest BCUT2D eigenvalue weighted by atomic mass is 16.4. The van der Waals surface area contributed by atoms with Crippen LogP contribution in [0.4, 0.5) is 0 Å². The lowest BCUT2D eigenvalue weighted by molar-refractivity contribution is -0.137. The summed E-state index contributed by atoms with van der Waals surface area (Å²) >= 11 is 0. The molecule has 0 saturated carbocycles. The van der Waals surface area contributed by atoms with Crippen molar-refractivity contribution in [2.75, 3.05) is 0 Å². The van der Waals surface area contributed by atoms with Crippen molar-refractivity contribution in [2.45, 2.75) is 25.7 Å². The van der Waals surface area contributed by atoms with Crippen LogP contribution in [0.3, 0.4) is 0 Å². The SMILES string of the molecule is O=C(O)/C=C\CC=CCC=CCCC(=O)O. The summed E-state index contributed by atoms with van der Waals surface area (Å²) < 4.78 is 0. The third-order valence-electron chi connectivity index (χ3n) is 1.66. The average molecular weight is 224 g/mol. The Kier molecular flexibility index (Phi) is 8.59. The summed E-state index contributed by atoms with van der Waals surface area (Å²) in [7, 11) is 0. The van der Waals surface area contributed by atoms with Crippen LogP contribution in [-0.4, -0.2) is 22.2 Å². The maximum absolute atomic E-state index is 10.2. The summed E-state index contributed by atoms with van der Waals surface area (Å²) in [4.78, 5) is 20.2. The molecule has 0 unspecified atom stereocenters. The summed E-state index contributed by atoms with van der Waals surface area (Å²) in [6.07, 6.45) is 12.2. The van der Waals surface area contributed by atoms with Gasteiger partial charge in [-0.05, 0) is 19.3 Å². The van der Waals surface area contributed by atoms with Crippen LogP contribution in [0.2, 0.25) is 0 Å². The normalized spacial score (nSPS) is 11.8. The quantitative estimate of drug-likeness (QED) is 0.490. The highest BCUT2D eigenvalue weighted by molar-refractivity contribution is 5.79. The molecule has 0 amide bonds. The van der Waals surface area contributed by atoms with Gasteiger partial charge in [-0.25, -0.2) is 4.79 Å². The molecule has 0 aliphatic carbocycles. The number of aliphatic carboxylic acids is 2. The van der Waals surface area contributed by atoms with Gasteiger partial charge in [0.25, 0.3) is 0 Å². The predicted octanol–water partition coefficient (Wildman–Crippen LogP) is 2.38. The lowest BCUT2D eigenvalue weighted by Gasteiger charge is -1.86. The molecule has 0 aromatic carbocycles. The summed E-state index contributed by atoms with van der Waals surface area (Å²) in [6, 6.07) is 0. The van der Waals surface area contributed by atoms with Gasteiger partial charge in [-0.3, -0.25) is 4.79 Å². The van der Waals surface area contributed by atoms with Gasteiger partial charge < -0.3 is 10.2 Å². The van der Waals surface area contributed by atoms with E-state index in [0.717, 1.165) is 12.5 Å². The van der Waals surface area contributed by atoms with Crippen LogP contribution in [0.5, 0.6) is 0 Å². The van der Waals surface area contributed by atoms with Crippen LogP contribution in [0.1, 0.15) is 25.7 Å². The summed E-state index contributed by atoms with van der Waals surface area (Å²) in [5.74, 6) is -1.74. The first-order valence-corrected chi connectivity index (χ1v) is 5.04. The number of allylic oxidation sites excluding steroid dienone is 5. The lowest BCUT2D eigenvalue weighted by atomic mass is 10.2. The predicted molar refractivity (Wildman–Crippen MR) is 61.2 cm³/mol. The molecule has 0 rings (SSSR count). The zero-order chi connectivity index (χ0) is 12.2. The Labute approximate surface area is 94.6 Å². The van der Waals surface area contributed by atoms with E-state index in [4.69, 9.17) is 10.2 Å². The summed E-state index contributed by atoms with van der Waals surface area (Å²) in [5.41, 5.74) is 0. The molecular formula is C12H16O4. The number of rotatable bonds is 8. The Bertz CT molecular complexity index is 300. The molecule has 0 bridgehead atoms. The van der Waals surface area contributed by atoms with Gasteiger partial charge in [-0.1, -0.05) is 30.4 Å². The van der Waals surface area contributed by atoms with Crippen molar-refractivity contribution < 1.29 is 19.8 Å². The van der Waals surface area contributed by atoms with Crippen LogP contribution in [0, 0.1) is 0 Å². The highest BCUT2D eigenvalue weighted by Crippen LogP contribution is 1.95. The Hall–Kier alpha value is -1.84. The molecule has 0 atom stereocenters. The minimum absolute atomic E-state index is 0.154. The van der Waals surface area contributed by atoms with Gasteiger partial charge in [0.2, 0.25) is 0 Å². The molecule has 0 aliphatic heterocycles. The number of carboxylic acid groups (broad SMARTS) is 2. The van der Waals surface area contributed by atoms with E-state index in [1.165, 1.54) is 0 Å². The van der Waals surface area contributed by atoms with Crippen molar-refractivity contribution in [3.63, 3.8) is 0 Å². The zero-order valence-electron chi connectivity index (χ0n) is 9.00. The second-order valence-corrected chi connectivity index (χ2v) is 3.09. The Morgan fingerprint density at radius 3 is 2.00 bits per heavy atom. The maximum atomic E-state index is 10.2. The smallest absolute Gasteiger partial charge is 0.327 e. The standard InChI is InChI=1S/C12H16O4/c13-11(14)9-7-5-3-1-2-4-6-8-10-12(15)16/h1,3-4,6-7,9H,2,5,8,10H2,(H,13,14)(H,15,16)/b3-1?,6-4?,9-7-. The summed E-state index contributed by atoms with van der Waals surface area (Å²) in [5, 5.41) is 16.6. The molecule has 0 saturated heterocycles. The molecule has 2 N–H and O–H groups in total. The van der Waals surface area contributed by atoms with E-state index in [1.54, 1.807) is 6.08 Å². The third kappa shape index (κ3) is 12.2. The second kappa shape index (κ2) is 9.71. The van der Waals surface area contributed by atoms with E-state index in [9.17, 15) is 9.59 Å². The highest BCUT2D eigenvalue weighted by Gasteiger charge is 1.90. The fourth-order valence-corrected chi connectivity index (χ4v) is 0.939. The van der Waals surface area contributed by atoms with E-state index in [1.807, 2.05) is 24.3 Å². The lowest BCUT2D eigenvalue weighted by Crippen LogP contribution is -1.91. The van der Waals surface area contributed by atoms with Gasteiger partial charge in [0.05, 0.1) is 0 Å². The molecule has 4 nitrogen and oxygen atoms in total. The van der Waals surface area contributed by atoms with E-state index in [0.29, 0.717) is 12.8 Å². The van der Waals surface area contributed by atoms with Gasteiger partial charge >= 0.3 is 11.9 Å². The monoisotopic (exact) mass is 224 g/mol. The first-order valence-electron chi connectivity index (χ1n) is 5.04.